The van der Waals surface area contributed by atoms with Gasteiger partial charge in [-0.1, -0.05) is 0 Å². The van der Waals surface area contributed by atoms with Gasteiger partial charge in [0.1, 0.15) is 6.04 Å². The van der Waals surface area contributed by atoms with Crippen LogP contribution in [0.3, 0.4) is 0 Å². The molecule has 0 fully saturated rings. The Hall–Kier alpha value is -1.44. The molecule has 2 atom stereocenters. The van der Waals surface area contributed by atoms with Crippen molar-refractivity contribution in [3.63, 3.8) is 0 Å². The number of carbonyl (C=O) groups excluding carboxylic acids is 2. The number of amides is 2. The number of esters is 1. The smallest absolute Gasteiger partial charge is 0.326 e. The van der Waals surface area contributed by atoms with Gasteiger partial charge in [-0.15, -0.1) is 0 Å². The van der Waals surface area contributed by atoms with Gasteiger partial charge in [0, 0.05) is 6.04 Å². The van der Waals surface area contributed by atoms with Gasteiger partial charge >= 0.3 is 18.0 Å². The van der Waals surface area contributed by atoms with Crippen LogP contribution in [0.2, 0.25) is 0 Å². The fourth-order valence-electron chi connectivity index (χ4n) is 1.30. The summed E-state index contributed by atoms with van der Waals surface area (Å²) in [6.07, 6.45) is 2.24. The first-order chi connectivity index (χ1) is 8.90. The first-order valence-electron chi connectivity index (χ1n) is 5.76. The van der Waals surface area contributed by atoms with Crippen LogP contribution in [0.5, 0.6) is 0 Å². The minimum Gasteiger partial charge on any atom is -0.480 e. The summed E-state index contributed by atoms with van der Waals surface area (Å²) in [4.78, 5) is 33.5. The van der Waals surface area contributed by atoms with E-state index in [1.807, 2.05) is 6.26 Å². The van der Waals surface area contributed by atoms with E-state index in [4.69, 9.17) is 5.11 Å². The van der Waals surface area contributed by atoms with E-state index in [9.17, 15) is 14.4 Å². The molecule has 110 valence electrons. The number of nitrogens with one attached hydrogen (secondary N) is 2. The number of aliphatic carboxylic acids is 1. The molecule has 19 heavy (non-hydrogen) atoms. The zero-order valence-corrected chi connectivity index (χ0v) is 12.1. The Morgan fingerprint density at radius 1 is 1.32 bits per heavy atom. The van der Waals surface area contributed by atoms with Crippen LogP contribution in [0.25, 0.3) is 0 Å². The molecule has 0 bridgehead atoms. The predicted molar refractivity (Wildman–Crippen MR) is 72.2 cm³/mol. The molecule has 3 N–H and O–H groups in total. The number of ether oxygens (including phenoxy) is 1. The van der Waals surface area contributed by atoms with Gasteiger partial charge in [0.2, 0.25) is 0 Å². The van der Waals surface area contributed by atoms with Crippen LogP contribution >= 0.6 is 11.8 Å². The molecular weight excluding hydrogens is 272 g/mol. The summed E-state index contributed by atoms with van der Waals surface area (Å²) in [5.74, 6) is -0.885. The molecule has 0 aliphatic heterocycles. The molecule has 0 aliphatic rings. The number of hydrogen-bond acceptors (Lipinski definition) is 5. The Kier molecular flexibility index (Phi) is 8.77. The van der Waals surface area contributed by atoms with Gasteiger partial charge in [0.25, 0.3) is 0 Å². The van der Waals surface area contributed by atoms with Crippen LogP contribution in [0.15, 0.2) is 0 Å². The lowest BCUT2D eigenvalue weighted by Crippen LogP contribution is -2.49. The number of carboxylic acid groups (broad SMARTS) is 1. The summed E-state index contributed by atoms with van der Waals surface area (Å²) in [6, 6.07) is -1.97. The molecule has 0 rings (SSSR count). The van der Waals surface area contributed by atoms with Crippen LogP contribution < -0.4 is 10.6 Å². The number of urea groups is 1. The topological polar surface area (TPSA) is 105 Å². The lowest BCUT2D eigenvalue weighted by Gasteiger charge is -2.17. The number of carbonyl (C=O) groups is 3. The Morgan fingerprint density at radius 3 is 2.42 bits per heavy atom. The summed E-state index contributed by atoms with van der Waals surface area (Å²) in [7, 11) is 1.26. The van der Waals surface area contributed by atoms with Crippen molar-refractivity contribution in [3.05, 3.63) is 0 Å². The summed E-state index contributed by atoms with van der Waals surface area (Å²) in [5, 5.41) is 13.8. The average molecular weight is 292 g/mol. The van der Waals surface area contributed by atoms with E-state index >= 15 is 0 Å². The van der Waals surface area contributed by atoms with E-state index in [0.29, 0.717) is 12.2 Å². The molecule has 0 saturated carbocycles. The van der Waals surface area contributed by atoms with Crippen molar-refractivity contribution in [2.75, 3.05) is 19.1 Å². The molecule has 2 amide bonds. The van der Waals surface area contributed by atoms with Crippen molar-refractivity contribution in [2.45, 2.75) is 31.8 Å². The highest BCUT2D eigenvalue weighted by atomic mass is 32.2. The molecule has 0 aromatic rings. The normalized spacial score (nSPS) is 13.2. The maximum atomic E-state index is 11.6. The molecule has 8 heteroatoms. The van der Waals surface area contributed by atoms with Crippen LogP contribution in [0.4, 0.5) is 4.79 Å². The molecule has 7 nitrogen and oxygen atoms in total. The highest BCUT2D eigenvalue weighted by molar-refractivity contribution is 7.98. The van der Waals surface area contributed by atoms with Gasteiger partial charge in [-0.3, -0.25) is 4.79 Å². The van der Waals surface area contributed by atoms with E-state index in [1.165, 1.54) is 18.9 Å². The van der Waals surface area contributed by atoms with Gasteiger partial charge in [-0.05, 0) is 25.4 Å². The number of rotatable bonds is 8. The Labute approximate surface area is 116 Å². The number of thioether (sulfide) groups is 1. The van der Waals surface area contributed by atoms with Crippen molar-refractivity contribution < 1.29 is 24.2 Å². The molecule has 1 unspecified atom stereocenters. The molecule has 0 aliphatic carbocycles. The van der Waals surface area contributed by atoms with E-state index in [0.717, 1.165) is 0 Å². The van der Waals surface area contributed by atoms with E-state index in [-0.39, 0.29) is 6.42 Å². The third-order valence-corrected chi connectivity index (χ3v) is 2.94. The van der Waals surface area contributed by atoms with Crippen molar-refractivity contribution in [2.24, 2.45) is 0 Å². The number of carboxylic acids is 1. The third-order valence-electron chi connectivity index (χ3n) is 2.29. The Morgan fingerprint density at radius 2 is 1.95 bits per heavy atom. The lowest BCUT2D eigenvalue weighted by atomic mass is 10.2. The highest BCUT2D eigenvalue weighted by Gasteiger charge is 2.20. The summed E-state index contributed by atoms with van der Waals surface area (Å²) in [5.41, 5.74) is 0. The van der Waals surface area contributed by atoms with Crippen LogP contribution in [0, 0.1) is 0 Å². The summed E-state index contributed by atoms with van der Waals surface area (Å²) in [6.45, 7) is 1.63. The van der Waals surface area contributed by atoms with E-state index in [2.05, 4.69) is 15.4 Å². The Bertz CT molecular complexity index is 324. The fourth-order valence-corrected chi connectivity index (χ4v) is 1.77. The monoisotopic (exact) mass is 292 g/mol. The second kappa shape index (κ2) is 9.48. The maximum absolute atomic E-state index is 11.6. The molecule has 0 saturated heterocycles. The SMILES string of the molecule is COC(=O)CC(C)NC(=O)N[C@@H](CCSC)C(=O)O. The number of hydrogen-bond donors (Lipinski definition) is 3. The largest absolute Gasteiger partial charge is 0.480 e. The predicted octanol–water partition coefficient (Wildman–Crippen LogP) is 0.444. The van der Waals surface area contributed by atoms with Crippen molar-refractivity contribution in [1.29, 1.82) is 0 Å². The molecule has 0 aromatic heterocycles. The summed E-state index contributed by atoms with van der Waals surface area (Å²) >= 11 is 1.50. The van der Waals surface area contributed by atoms with Crippen LogP contribution in [-0.2, 0) is 14.3 Å². The minimum atomic E-state index is -1.08. The third kappa shape index (κ3) is 8.30. The quantitative estimate of drug-likeness (QED) is 0.561. The zero-order chi connectivity index (χ0) is 14.8. The second-order valence-electron chi connectivity index (χ2n) is 3.97. The van der Waals surface area contributed by atoms with Crippen molar-refractivity contribution >= 4 is 29.7 Å². The first kappa shape index (κ1) is 17.6. The maximum Gasteiger partial charge on any atom is 0.326 e. The fraction of sp³-hybridized carbons (Fsp3) is 0.727. The molecule has 0 spiro atoms. The second-order valence-corrected chi connectivity index (χ2v) is 4.96. The van der Waals surface area contributed by atoms with Crippen LogP contribution in [-0.4, -0.2) is 54.3 Å². The number of methoxy groups -OCH3 is 1. The minimum absolute atomic E-state index is 0.0342. The van der Waals surface area contributed by atoms with E-state index in [1.54, 1.807) is 6.92 Å². The lowest BCUT2D eigenvalue weighted by molar-refractivity contribution is -0.141. The van der Waals surface area contributed by atoms with Gasteiger partial charge in [0.15, 0.2) is 0 Å². The standard InChI is InChI=1S/C11H20N2O5S/c1-7(6-9(14)18-2)12-11(17)13-8(10(15)16)4-5-19-3/h7-8H,4-6H2,1-3H3,(H,15,16)(H2,12,13,17)/t7?,8-/m0/s1. The molecular formula is C11H20N2O5S. The van der Waals surface area contributed by atoms with Crippen LogP contribution in [0.1, 0.15) is 19.8 Å². The Balaban J connectivity index is 4.18. The van der Waals surface area contributed by atoms with Crippen molar-refractivity contribution in [1.82, 2.24) is 10.6 Å². The molecule has 0 heterocycles. The first-order valence-corrected chi connectivity index (χ1v) is 7.15. The van der Waals surface area contributed by atoms with Gasteiger partial charge < -0.3 is 20.5 Å². The van der Waals surface area contributed by atoms with Gasteiger partial charge in [-0.2, -0.15) is 11.8 Å². The van der Waals surface area contributed by atoms with Gasteiger partial charge in [-0.25, -0.2) is 9.59 Å². The zero-order valence-electron chi connectivity index (χ0n) is 11.3. The highest BCUT2D eigenvalue weighted by Crippen LogP contribution is 2.01. The van der Waals surface area contributed by atoms with Gasteiger partial charge in [0.05, 0.1) is 13.5 Å². The molecule has 0 aromatic carbocycles. The van der Waals surface area contributed by atoms with E-state index < -0.39 is 30.1 Å². The summed E-state index contributed by atoms with van der Waals surface area (Å²) < 4.78 is 4.47. The van der Waals surface area contributed by atoms with Crippen molar-refractivity contribution in [3.8, 4) is 0 Å². The average Bonchev–Trinajstić information content (AvgIpc) is 2.33. The molecule has 0 radical (unpaired) electrons.